The highest BCUT2D eigenvalue weighted by atomic mass is 79.9. The van der Waals surface area contributed by atoms with Crippen LogP contribution in [0.1, 0.15) is 23.8 Å². The second kappa shape index (κ2) is 8.11. The van der Waals surface area contributed by atoms with E-state index in [9.17, 15) is 0 Å². The summed E-state index contributed by atoms with van der Waals surface area (Å²) in [5.41, 5.74) is 7.22. The molecule has 21 heavy (non-hydrogen) atoms. The number of rotatable bonds is 6. The van der Waals surface area contributed by atoms with Crippen molar-refractivity contribution in [3.8, 4) is 5.75 Å². The van der Waals surface area contributed by atoms with Crippen LogP contribution >= 0.6 is 59.1 Å². The molecule has 0 aliphatic carbocycles. The van der Waals surface area contributed by atoms with Crippen molar-refractivity contribution in [2.75, 3.05) is 0 Å². The smallest absolute Gasteiger partial charge is 0.148 e. The Morgan fingerprint density at radius 1 is 1.19 bits per heavy atom. The third-order valence-electron chi connectivity index (χ3n) is 3.06. The van der Waals surface area contributed by atoms with Gasteiger partial charge in [-0.05, 0) is 84.4 Å². The van der Waals surface area contributed by atoms with Crippen molar-refractivity contribution < 1.29 is 4.74 Å². The SMILES string of the molecule is CCC(N)Cc1cc(Br)c(OCc2cc(Br)cs2)c(Br)c1. The Bertz CT molecular complexity index is 592. The van der Waals surface area contributed by atoms with Gasteiger partial charge in [-0.25, -0.2) is 0 Å². The summed E-state index contributed by atoms with van der Waals surface area (Å²) in [7, 11) is 0. The van der Waals surface area contributed by atoms with E-state index in [0.717, 1.165) is 32.0 Å². The van der Waals surface area contributed by atoms with Gasteiger partial charge in [0.2, 0.25) is 0 Å². The molecule has 0 saturated carbocycles. The first-order valence-electron chi connectivity index (χ1n) is 6.58. The van der Waals surface area contributed by atoms with Gasteiger partial charge in [0.05, 0.1) is 8.95 Å². The van der Waals surface area contributed by atoms with Gasteiger partial charge in [-0.2, -0.15) is 0 Å². The lowest BCUT2D eigenvalue weighted by molar-refractivity contribution is 0.305. The number of ether oxygens (including phenoxy) is 1. The molecule has 2 aromatic rings. The molecule has 1 aromatic carbocycles. The van der Waals surface area contributed by atoms with Gasteiger partial charge in [0.1, 0.15) is 12.4 Å². The Labute approximate surface area is 154 Å². The zero-order valence-electron chi connectivity index (χ0n) is 11.5. The van der Waals surface area contributed by atoms with E-state index in [2.05, 4.69) is 78.3 Å². The summed E-state index contributed by atoms with van der Waals surface area (Å²) in [5.74, 6) is 0.827. The molecule has 6 heteroatoms. The van der Waals surface area contributed by atoms with Gasteiger partial charge in [-0.15, -0.1) is 11.3 Å². The summed E-state index contributed by atoms with van der Waals surface area (Å²) in [6.07, 6.45) is 1.84. The van der Waals surface area contributed by atoms with Gasteiger partial charge < -0.3 is 10.5 Å². The summed E-state index contributed by atoms with van der Waals surface area (Å²) in [6, 6.07) is 6.43. The van der Waals surface area contributed by atoms with Crippen LogP contribution in [-0.2, 0) is 13.0 Å². The molecule has 2 nitrogen and oxygen atoms in total. The van der Waals surface area contributed by atoms with E-state index < -0.39 is 0 Å². The van der Waals surface area contributed by atoms with E-state index in [4.69, 9.17) is 10.5 Å². The largest absolute Gasteiger partial charge is 0.486 e. The number of thiophene rings is 1. The summed E-state index contributed by atoms with van der Waals surface area (Å²) >= 11 is 12.3. The van der Waals surface area contributed by atoms with Gasteiger partial charge in [-0.1, -0.05) is 6.92 Å². The summed E-state index contributed by atoms with van der Waals surface area (Å²) < 4.78 is 8.91. The molecule has 1 unspecified atom stereocenters. The molecular weight excluding hydrogens is 482 g/mol. The molecule has 0 fully saturated rings. The van der Waals surface area contributed by atoms with Gasteiger partial charge in [0, 0.05) is 20.8 Å². The third-order valence-corrected chi connectivity index (χ3v) is 5.91. The normalized spacial score (nSPS) is 12.4. The molecule has 0 aliphatic heterocycles. The van der Waals surface area contributed by atoms with Crippen LogP contribution in [0.15, 0.2) is 37.0 Å². The standard InChI is InChI=1S/C15H16Br3NOS/c1-2-11(19)3-9-4-13(17)15(14(18)5-9)20-7-12-6-10(16)8-21-12/h4-6,8,11H,2-3,7,19H2,1H3. The lowest BCUT2D eigenvalue weighted by Gasteiger charge is -2.14. The van der Waals surface area contributed by atoms with Crippen LogP contribution in [0.4, 0.5) is 0 Å². The van der Waals surface area contributed by atoms with Crippen molar-refractivity contribution in [1.29, 1.82) is 0 Å². The fourth-order valence-corrected chi connectivity index (χ4v) is 4.76. The average molecular weight is 498 g/mol. The van der Waals surface area contributed by atoms with E-state index in [1.807, 2.05) is 0 Å². The molecule has 2 N–H and O–H groups in total. The first kappa shape index (κ1) is 17.5. The van der Waals surface area contributed by atoms with Crippen molar-refractivity contribution in [2.45, 2.75) is 32.4 Å². The Hall–Kier alpha value is 0.120. The molecule has 1 atom stereocenters. The maximum absolute atomic E-state index is 6.02. The topological polar surface area (TPSA) is 35.2 Å². The van der Waals surface area contributed by atoms with Crippen molar-refractivity contribution in [1.82, 2.24) is 0 Å². The molecule has 0 spiro atoms. The highest BCUT2D eigenvalue weighted by molar-refractivity contribution is 9.11. The van der Waals surface area contributed by atoms with E-state index >= 15 is 0 Å². The van der Waals surface area contributed by atoms with Gasteiger partial charge in [-0.3, -0.25) is 0 Å². The first-order chi connectivity index (χ1) is 9.99. The molecule has 1 heterocycles. The predicted molar refractivity (Wildman–Crippen MR) is 100 cm³/mol. The number of benzene rings is 1. The highest BCUT2D eigenvalue weighted by Crippen LogP contribution is 2.36. The van der Waals surface area contributed by atoms with Crippen LogP contribution in [-0.4, -0.2) is 6.04 Å². The van der Waals surface area contributed by atoms with Gasteiger partial charge in [0.15, 0.2) is 0 Å². The van der Waals surface area contributed by atoms with Crippen LogP contribution in [0.25, 0.3) is 0 Å². The molecule has 0 amide bonds. The zero-order valence-corrected chi connectivity index (χ0v) is 17.1. The van der Waals surface area contributed by atoms with Crippen molar-refractivity contribution in [3.63, 3.8) is 0 Å². The van der Waals surface area contributed by atoms with Crippen LogP contribution in [0.5, 0.6) is 5.75 Å². The molecule has 0 saturated heterocycles. The number of hydrogen-bond acceptors (Lipinski definition) is 3. The van der Waals surface area contributed by atoms with Crippen molar-refractivity contribution >= 4 is 59.1 Å². The minimum absolute atomic E-state index is 0.194. The van der Waals surface area contributed by atoms with Crippen LogP contribution in [0.2, 0.25) is 0 Å². The molecule has 2 rings (SSSR count). The zero-order chi connectivity index (χ0) is 15.4. The van der Waals surface area contributed by atoms with Gasteiger partial charge in [0.25, 0.3) is 0 Å². The second-order valence-electron chi connectivity index (χ2n) is 4.78. The van der Waals surface area contributed by atoms with E-state index in [0.29, 0.717) is 6.61 Å². The Kier molecular flexibility index (Phi) is 6.75. The van der Waals surface area contributed by atoms with Crippen molar-refractivity contribution in [3.05, 3.63) is 47.4 Å². The first-order valence-corrected chi connectivity index (χ1v) is 9.84. The van der Waals surface area contributed by atoms with Crippen LogP contribution in [0, 0.1) is 0 Å². The van der Waals surface area contributed by atoms with Crippen LogP contribution in [0.3, 0.4) is 0 Å². The summed E-state index contributed by atoms with van der Waals surface area (Å²) in [5, 5.41) is 2.05. The third kappa shape index (κ3) is 5.06. The quantitative estimate of drug-likeness (QED) is 0.539. The number of halogens is 3. The maximum Gasteiger partial charge on any atom is 0.148 e. The summed E-state index contributed by atoms with van der Waals surface area (Å²) in [6.45, 7) is 2.66. The Morgan fingerprint density at radius 2 is 1.86 bits per heavy atom. The minimum Gasteiger partial charge on any atom is -0.486 e. The monoisotopic (exact) mass is 495 g/mol. The van der Waals surface area contributed by atoms with E-state index in [1.165, 1.54) is 10.4 Å². The molecule has 114 valence electrons. The van der Waals surface area contributed by atoms with Gasteiger partial charge >= 0.3 is 0 Å². The Balaban J connectivity index is 2.09. The lowest BCUT2D eigenvalue weighted by Crippen LogP contribution is -2.21. The molecule has 1 aromatic heterocycles. The van der Waals surface area contributed by atoms with E-state index in [-0.39, 0.29) is 6.04 Å². The summed E-state index contributed by atoms with van der Waals surface area (Å²) in [4.78, 5) is 1.18. The van der Waals surface area contributed by atoms with E-state index in [1.54, 1.807) is 11.3 Å². The fraction of sp³-hybridized carbons (Fsp3) is 0.333. The van der Waals surface area contributed by atoms with Crippen LogP contribution < -0.4 is 10.5 Å². The minimum atomic E-state index is 0.194. The predicted octanol–water partition coefficient (Wildman–Crippen LogP) is 5.89. The Morgan fingerprint density at radius 3 is 2.38 bits per heavy atom. The molecule has 0 bridgehead atoms. The number of hydrogen-bond donors (Lipinski definition) is 1. The number of nitrogens with two attached hydrogens (primary N) is 1. The lowest BCUT2D eigenvalue weighted by atomic mass is 10.0. The molecule has 0 radical (unpaired) electrons. The molecule has 0 aliphatic rings. The average Bonchev–Trinajstić information content (AvgIpc) is 2.83. The highest BCUT2D eigenvalue weighted by Gasteiger charge is 2.11. The van der Waals surface area contributed by atoms with Crippen molar-refractivity contribution in [2.24, 2.45) is 5.73 Å². The fourth-order valence-electron chi connectivity index (χ4n) is 1.89. The second-order valence-corrected chi connectivity index (χ2v) is 8.40. The maximum atomic E-state index is 6.02. The molecular formula is C15H16Br3NOS.